The Morgan fingerprint density at radius 1 is 1.23 bits per heavy atom. The number of phosphoric acid groups is 1. The fourth-order valence-electron chi connectivity index (χ4n) is 5.09. The van der Waals surface area contributed by atoms with Gasteiger partial charge in [0.05, 0.1) is 23.5 Å². The van der Waals surface area contributed by atoms with E-state index in [9.17, 15) is 24.1 Å². The van der Waals surface area contributed by atoms with Gasteiger partial charge in [0, 0.05) is 33.8 Å². The molecule has 0 bridgehead atoms. The van der Waals surface area contributed by atoms with E-state index < -0.39 is 36.9 Å². The van der Waals surface area contributed by atoms with Crippen LogP contribution in [-0.2, 0) is 37.4 Å². The Bertz CT molecular complexity index is 1680. The molecule has 3 heterocycles. The van der Waals surface area contributed by atoms with Crippen molar-refractivity contribution in [3.05, 3.63) is 57.1 Å². The van der Waals surface area contributed by atoms with E-state index in [0.717, 1.165) is 6.07 Å². The number of anilines is 2. The number of cyclic esters (lactones) is 1. The first-order chi connectivity index (χ1) is 18.2. The fourth-order valence-corrected chi connectivity index (χ4v) is 5.35. The number of benzene rings is 2. The summed E-state index contributed by atoms with van der Waals surface area (Å²) in [6.45, 7) is 5.22. The molecule has 14 heteroatoms. The maximum atomic E-state index is 15.0. The second-order valence-corrected chi connectivity index (χ2v) is 10.9. The van der Waals surface area contributed by atoms with Gasteiger partial charge in [-0.2, -0.15) is 0 Å². The molecule has 2 aromatic carbocycles. The molecule has 0 unspecified atom stereocenters. The second kappa shape index (κ2) is 9.16. The molecule has 0 saturated carbocycles. The average Bonchev–Trinajstić information content (AvgIpc) is 3.20. The predicted molar refractivity (Wildman–Crippen MR) is 138 cm³/mol. The lowest BCUT2D eigenvalue weighted by atomic mass is 9.85. The molecule has 39 heavy (non-hydrogen) atoms. The Labute approximate surface area is 220 Å². The molecule has 2 aliphatic heterocycles. The molecule has 2 aliphatic rings. The molecular weight excluding hydrogens is 536 g/mol. The van der Waals surface area contributed by atoms with E-state index in [1.807, 2.05) is 19.2 Å². The first-order valence-electron chi connectivity index (χ1n) is 12.0. The average molecular weight is 561 g/mol. The summed E-state index contributed by atoms with van der Waals surface area (Å²) < 4.78 is 36.5. The van der Waals surface area contributed by atoms with Gasteiger partial charge in [-0.05, 0) is 49.9 Å². The number of ether oxygens (including phenoxy) is 1. The monoisotopic (exact) mass is 561 g/mol. The van der Waals surface area contributed by atoms with Gasteiger partial charge in [0.25, 0.3) is 5.56 Å². The smallest absolute Gasteiger partial charge is 0.458 e. The van der Waals surface area contributed by atoms with Crippen LogP contribution in [-0.4, -0.2) is 37.6 Å². The number of fused-ring (bicyclic) bond motifs is 5. The number of aliphatic hydroxyl groups is 1. The van der Waals surface area contributed by atoms with Crippen molar-refractivity contribution in [2.24, 2.45) is 0 Å². The fraction of sp³-hybridized carbons (Fsp3) is 0.320. The van der Waals surface area contributed by atoms with E-state index in [1.165, 1.54) is 10.6 Å². The molecule has 0 spiro atoms. The molecule has 0 radical (unpaired) electrons. The van der Waals surface area contributed by atoms with E-state index >= 15 is 4.39 Å². The minimum absolute atomic E-state index is 0.00208. The Kier molecular flexibility index (Phi) is 6.30. The van der Waals surface area contributed by atoms with Crippen LogP contribution < -0.4 is 16.2 Å². The van der Waals surface area contributed by atoms with Crippen LogP contribution in [0.5, 0.6) is 0 Å². The number of phosphoric ester groups is 1. The molecule has 0 aliphatic carbocycles. The minimum Gasteiger partial charge on any atom is -0.458 e. The van der Waals surface area contributed by atoms with Crippen LogP contribution in [0.3, 0.4) is 0 Å². The van der Waals surface area contributed by atoms with E-state index in [-0.39, 0.29) is 42.4 Å². The first-order valence-corrected chi connectivity index (χ1v) is 13.6. The van der Waals surface area contributed by atoms with Gasteiger partial charge in [0.2, 0.25) is 0 Å². The predicted octanol–water partition coefficient (Wildman–Crippen LogP) is 3.29. The maximum absolute atomic E-state index is 15.0. The first kappa shape index (κ1) is 26.8. The van der Waals surface area contributed by atoms with Gasteiger partial charge >= 0.3 is 19.9 Å². The van der Waals surface area contributed by atoms with Crippen LogP contribution in [0, 0.1) is 5.82 Å². The highest BCUT2D eigenvalue weighted by Crippen LogP contribution is 2.44. The van der Waals surface area contributed by atoms with Gasteiger partial charge < -0.3 is 24.3 Å². The lowest BCUT2D eigenvalue weighted by Gasteiger charge is -2.31. The van der Waals surface area contributed by atoms with Crippen LogP contribution in [0.1, 0.15) is 43.9 Å². The number of rotatable bonds is 5. The SMILES string of the molecule is CC[C@@]1(O)C(=O)OCc2c1cc1n(c2=O)Cc2c-1cc1cc(F)c(NC(=O)OP(=O)(O)O)cc1c2NC(C)C. The summed E-state index contributed by atoms with van der Waals surface area (Å²) in [5.74, 6) is -1.73. The van der Waals surface area contributed by atoms with Gasteiger partial charge in [0.1, 0.15) is 12.4 Å². The molecule has 0 saturated heterocycles. The van der Waals surface area contributed by atoms with Gasteiger partial charge in [0.15, 0.2) is 5.60 Å². The van der Waals surface area contributed by atoms with Crippen molar-refractivity contribution in [3.63, 3.8) is 0 Å². The number of nitrogens with zero attached hydrogens (tertiary/aromatic N) is 1. The Morgan fingerprint density at radius 3 is 2.59 bits per heavy atom. The quantitative estimate of drug-likeness (QED) is 0.180. The molecular formula is C25H25FN3O9P. The molecule has 0 fully saturated rings. The second-order valence-electron chi connectivity index (χ2n) is 9.73. The van der Waals surface area contributed by atoms with Crippen LogP contribution in [0.2, 0.25) is 0 Å². The Balaban J connectivity index is 1.71. The number of carbonyl (C=O) groups is 2. The Morgan fingerprint density at radius 2 is 1.95 bits per heavy atom. The highest BCUT2D eigenvalue weighted by molar-refractivity contribution is 7.46. The van der Waals surface area contributed by atoms with Crippen LogP contribution in [0.25, 0.3) is 22.0 Å². The summed E-state index contributed by atoms with van der Waals surface area (Å²) in [6, 6.07) is 5.59. The summed E-state index contributed by atoms with van der Waals surface area (Å²) in [5, 5.41) is 17.3. The van der Waals surface area contributed by atoms with Gasteiger partial charge in [-0.3, -0.25) is 19.9 Å². The zero-order chi connectivity index (χ0) is 28.4. The van der Waals surface area contributed by atoms with Crippen molar-refractivity contribution >= 4 is 42.0 Å². The van der Waals surface area contributed by atoms with Crippen molar-refractivity contribution in [1.82, 2.24) is 4.57 Å². The third-order valence-electron chi connectivity index (χ3n) is 6.84. The topological polar surface area (TPSA) is 176 Å². The van der Waals surface area contributed by atoms with Crippen molar-refractivity contribution in [2.75, 3.05) is 10.6 Å². The van der Waals surface area contributed by atoms with Crippen molar-refractivity contribution in [3.8, 4) is 11.3 Å². The zero-order valence-corrected chi connectivity index (χ0v) is 22.0. The standard InChI is InChI=1S/C25H25FN3O9P/c1-4-25(33)17-8-20-14-5-12-6-18(26)19(28-24(32)38-39(34,35)36)7-13(12)21(27-11(2)3)15(14)9-29(20)22(30)16(17)10-37-23(25)31/h5-8,11,27,33H,4,9-10H2,1-3H3,(H,28,32)(H2,34,35,36)/t25-/m0/s1. The number of aromatic nitrogens is 1. The number of pyridine rings is 1. The summed E-state index contributed by atoms with van der Waals surface area (Å²) in [7, 11) is -5.15. The maximum Gasteiger partial charge on any atom is 0.528 e. The third-order valence-corrected chi connectivity index (χ3v) is 7.25. The normalized spacial score (nSPS) is 17.9. The number of halogens is 1. The number of carbonyl (C=O) groups excluding carboxylic acids is 2. The van der Waals surface area contributed by atoms with Crippen LogP contribution in [0.4, 0.5) is 20.6 Å². The molecule has 5 rings (SSSR count). The summed E-state index contributed by atoms with van der Waals surface area (Å²) in [5.41, 5.74) is -0.166. The van der Waals surface area contributed by atoms with E-state index in [4.69, 9.17) is 14.5 Å². The Hall–Kier alpha value is -3.77. The highest BCUT2D eigenvalue weighted by atomic mass is 31.2. The van der Waals surface area contributed by atoms with Gasteiger partial charge in [-0.1, -0.05) is 6.92 Å². The largest absolute Gasteiger partial charge is 0.528 e. The molecule has 206 valence electrons. The van der Waals surface area contributed by atoms with Gasteiger partial charge in [-0.25, -0.2) is 18.5 Å². The van der Waals surface area contributed by atoms with E-state index in [1.54, 1.807) is 19.1 Å². The highest BCUT2D eigenvalue weighted by Gasteiger charge is 2.45. The number of esters is 1. The lowest BCUT2D eigenvalue weighted by Crippen LogP contribution is -2.44. The summed E-state index contributed by atoms with van der Waals surface area (Å²) in [4.78, 5) is 55.5. The van der Waals surface area contributed by atoms with E-state index in [2.05, 4.69) is 9.84 Å². The zero-order valence-electron chi connectivity index (χ0n) is 21.1. The third kappa shape index (κ3) is 4.47. The molecule has 3 aromatic rings. The number of hydrogen-bond acceptors (Lipinski definition) is 8. The van der Waals surface area contributed by atoms with Crippen molar-refractivity contribution < 1.29 is 42.7 Å². The number of nitrogens with one attached hydrogen (secondary N) is 2. The van der Waals surface area contributed by atoms with E-state index in [0.29, 0.717) is 33.3 Å². The van der Waals surface area contributed by atoms with Crippen LogP contribution in [0.15, 0.2) is 29.1 Å². The van der Waals surface area contributed by atoms with Crippen LogP contribution >= 0.6 is 7.82 Å². The molecule has 1 atom stereocenters. The minimum atomic E-state index is -5.15. The van der Waals surface area contributed by atoms with Gasteiger partial charge in [-0.15, -0.1) is 0 Å². The lowest BCUT2D eigenvalue weighted by molar-refractivity contribution is -0.172. The number of amides is 1. The molecule has 1 aromatic heterocycles. The summed E-state index contributed by atoms with van der Waals surface area (Å²) >= 11 is 0. The van der Waals surface area contributed by atoms with Crippen molar-refractivity contribution in [1.29, 1.82) is 0 Å². The molecule has 1 amide bonds. The summed E-state index contributed by atoms with van der Waals surface area (Å²) in [6.07, 6.45) is -1.54. The van der Waals surface area contributed by atoms with Crippen molar-refractivity contribution in [2.45, 2.75) is 52.0 Å². The number of hydrogen-bond donors (Lipinski definition) is 5. The molecule has 12 nitrogen and oxygen atoms in total. The molecule has 5 N–H and O–H groups in total.